The highest BCUT2D eigenvalue weighted by Gasteiger charge is 2.66. The van der Waals surface area contributed by atoms with Gasteiger partial charge in [-0.3, -0.25) is 9.80 Å². The zero-order chi connectivity index (χ0) is 12.8. The SMILES string of the molecule is CCCC12C[NH+]3C[NH+](C1)CC(CCC)(C3)C2=NO. The molecule has 0 unspecified atom stereocenters. The minimum absolute atomic E-state index is 0.206. The molecule has 18 heavy (non-hydrogen) atoms. The van der Waals surface area contributed by atoms with Crippen LogP contribution in [0.15, 0.2) is 5.16 Å². The zero-order valence-corrected chi connectivity index (χ0v) is 11.8. The Kier molecular flexibility index (Phi) is 2.90. The van der Waals surface area contributed by atoms with Gasteiger partial charge in [-0.2, -0.15) is 0 Å². The van der Waals surface area contributed by atoms with E-state index in [9.17, 15) is 5.21 Å². The number of rotatable bonds is 4. The number of piperidine rings is 2. The predicted octanol–water partition coefficient (Wildman–Crippen LogP) is -0.842. The summed E-state index contributed by atoms with van der Waals surface area (Å²) in [5.74, 6) is 0. The molecule has 4 aliphatic rings. The summed E-state index contributed by atoms with van der Waals surface area (Å²) < 4.78 is 0. The molecule has 0 amide bonds. The second-order valence-electron chi connectivity index (χ2n) is 6.89. The van der Waals surface area contributed by atoms with E-state index in [-0.39, 0.29) is 10.8 Å². The average Bonchev–Trinajstić information content (AvgIpc) is 2.27. The first kappa shape index (κ1) is 12.4. The van der Waals surface area contributed by atoms with Crippen LogP contribution in [0.5, 0.6) is 0 Å². The Hall–Kier alpha value is -0.610. The molecule has 0 aliphatic carbocycles. The van der Waals surface area contributed by atoms with Crippen molar-refractivity contribution >= 4 is 5.71 Å². The lowest BCUT2D eigenvalue weighted by Gasteiger charge is -2.59. The number of oxime groups is 1. The molecule has 0 aromatic rings. The van der Waals surface area contributed by atoms with Crippen molar-refractivity contribution in [1.82, 2.24) is 0 Å². The summed E-state index contributed by atoms with van der Waals surface area (Å²) >= 11 is 0. The normalized spacial score (nSPS) is 45.6. The largest absolute Gasteiger partial charge is 0.411 e. The van der Waals surface area contributed by atoms with Crippen molar-refractivity contribution in [2.75, 3.05) is 32.8 Å². The van der Waals surface area contributed by atoms with Gasteiger partial charge in [0.25, 0.3) is 0 Å². The van der Waals surface area contributed by atoms with E-state index in [1.54, 1.807) is 9.80 Å². The molecule has 4 heteroatoms. The molecule has 4 aliphatic heterocycles. The van der Waals surface area contributed by atoms with Crippen LogP contribution in [0.3, 0.4) is 0 Å². The molecule has 0 spiro atoms. The lowest BCUT2D eigenvalue weighted by Crippen LogP contribution is -3.41. The third-order valence-electron chi connectivity index (χ3n) is 5.42. The highest BCUT2D eigenvalue weighted by Crippen LogP contribution is 2.41. The maximum atomic E-state index is 9.65. The topological polar surface area (TPSA) is 41.5 Å². The first-order valence-electron chi connectivity index (χ1n) is 7.58. The van der Waals surface area contributed by atoms with Crippen molar-refractivity contribution in [3.8, 4) is 0 Å². The fourth-order valence-corrected chi connectivity index (χ4v) is 5.42. The molecule has 102 valence electrons. The molecular formula is C14H27N3O+2. The monoisotopic (exact) mass is 253 g/mol. The van der Waals surface area contributed by atoms with Crippen LogP contribution in [0.2, 0.25) is 0 Å². The Morgan fingerprint density at radius 1 is 1.00 bits per heavy atom. The summed E-state index contributed by atoms with van der Waals surface area (Å²) in [5, 5.41) is 13.5. The second kappa shape index (κ2) is 4.20. The second-order valence-corrected chi connectivity index (χ2v) is 6.89. The molecule has 4 heterocycles. The predicted molar refractivity (Wildman–Crippen MR) is 70.2 cm³/mol. The lowest BCUT2D eigenvalue weighted by atomic mass is 9.58. The van der Waals surface area contributed by atoms with Crippen molar-refractivity contribution in [1.29, 1.82) is 0 Å². The van der Waals surface area contributed by atoms with Crippen LogP contribution >= 0.6 is 0 Å². The number of nitrogens with zero attached hydrogens (tertiary/aromatic N) is 1. The third kappa shape index (κ3) is 1.55. The van der Waals surface area contributed by atoms with Gasteiger partial charge in [0.2, 0.25) is 6.67 Å². The Labute approximate surface area is 110 Å². The number of quaternary nitrogens is 2. The van der Waals surface area contributed by atoms with Crippen LogP contribution in [0.1, 0.15) is 39.5 Å². The van der Waals surface area contributed by atoms with Gasteiger partial charge in [-0.15, -0.1) is 0 Å². The van der Waals surface area contributed by atoms with Gasteiger partial charge in [0, 0.05) is 0 Å². The third-order valence-corrected chi connectivity index (χ3v) is 5.42. The Morgan fingerprint density at radius 3 is 1.78 bits per heavy atom. The van der Waals surface area contributed by atoms with E-state index >= 15 is 0 Å². The van der Waals surface area contributed by atoms with Gasteiger partial charge >= 0.3 is 0 Å². The first-order valence-corrected chi connectivity index (χ1v) is 7.58. The molecule has 0 aromatic heterocycles. The van der Waals surface area contributed by atoms with Crippen molar-refractivity contribution in [3.63, 3.8) is 0 Å². The highest BCUT2D eigenvalue weighted by atomic mass is 16.4. The fourth-order valence-electron chi connectivity index (χ4n) is 5.42. The first-order chi connectivity index (χ1) is 8.68. The minimum atomic E-state index is 0.206. The summed E-state index contributed by atoms with van der Waals surface area (Å²) in [5.41, 5.74) is 1.59. The van der Waals surface area contributed by atoms with Crippen molar-refractivity contribution < 1.29 is 15.0 Å². The van der Waals surface area contributed by atoms with Gasteiger partial charge in [-0.05, 0) is 12.8 Å². The summed E-state index contributed by atoms with van der Waals surface area (Å²) in [6, 6.07) is 0. The molecule has 3 N–H and O–H groups in total. The van der Waals surface area contributed by atoms with E-state index in [1.807, 2.05) is 0 Å². The molecule has 0 radical (unpaired) electrons. The van der Waals surface area contributed by atoms with Gasteiger partial charge in [0.15, 0.2) is 0 Å². The molecule has 4 rings (SSSR count). The zero-order valence-electron chi connectivity index (χ0n) is 11.8. The van der Waals surface area contributed by atoms with Gasteiger partial charge in [-0.1, -0.05) is 31.8 Å². The van der Waals surface area contributed by atoms with E-state index in [0.29, 0.717) is 0 Å². The lowest BCUT2D eigenvalue weighted by molar-refractivity contribution is -1.14. The molecule has 0 aromatic carbocycles. The highest BCUT2D eigenvalue weighted by molar-refractivity contribution is 5.96. The molecular weight excluding hydrogens is 226 g/mol. The van der Waals surface area contributed by atoms with Crippen LogP contribution in [-0.4, -0.2) is 43.8 Å². The van der Waals surface area contributed by atoms with E-state index in [1.165, 1.54) is 64.2 Å². The fraction of sp³-hybridized carbons (Fsp3) is 0.929. The van der Waals surface area contributed by atoms with Gasteiger partial charge < -0.3 is 5.21 Å². The van der Waals surface area contributed by atoms with Crippen LogP contribution < -0.4 is 9.80 Å². The maximum absolute atomic E-state index is 9.65. The summed E-state index contributed by atoms with van der Waals surface area (Å²) in [6.45, 7) is 10.6. The van der Waals surface area contributed by atoms with Crippen LogP contribution in [0.25, 0.3) is 0 Å². The number of hydrogen-bond acceptors (Lipinski definition) is 2. The van der Waals surface area contributed by atoms with Crippen LogP contribution in [-0.2, 0) is 0 Å². The van der Waals surface area contributed by atoms with Crippen LogP contribution in [0.4, 0.5) is 0 Å². The van der Waals surface area contributed by atoms with Gasteiger partial charge in [0.1, 0.15) is 10.8 Å². The quantitative estimate of drug-likeness (QED) is 0.444. The van der Waals surface area contributed by atoms with E-state index in [0.717, 1.165) is 0 Å². The maximum Gasteiger partial charge on any atom is 0.204 e. The summed E-state index contributed by atoms with van der Waals surface area (Å²) in [6.07, 6.45) is 4.79. The van der Waals surface area contributed by atoms with Gasteiger partial charge in [-0.25, -0.2) is 0 Å². The van der Waals surface area contributed by atoms with E-state index in [2.05, 4.69) is 19.0 Å². The van der Waals surface area contributed by atoms with Crippen LogP contribution in [0, 0.1) is 10.8 Å². The Morgan fingerprint density at radius 2 is 1.44 bits per heavy atom. The van der Waals surface area contributed by atoms with Crippen molar-refractivity contribution in [2.24, 2.45) is 16.0 Å². The van der Waals surface area contributed by atoms with E-state index < -0.39 is 0 Å². The van der Waals surface area contributed by atoms with Crippen molar-refractivity contribution in [3.05, 3.63) is 0 Å². The van der Waals surface area contributed by atoms with Gasteiger partial charge in [0.05, 0.1) is 31.9 Å². The molecule has 4 bridgehead atoms. The Balaban J connectivity index is 2.01. The molecule has 4 nitrogen and oxygen atoms in total. The number of nitrogens with one attached hydrogen (secondary N) is 2. The number of hydrogen-bond donors (Lipinski definition) is 3. The molecule has 4 fully saturated rings. The molecule has 0 atom stereocenters. The summed E-state index contributed by atoms with van der Waals surface area (Å²) in [7, 11) is 0. The molecule has 4 saturated heterocycles. The summed E-state index contributed by atoms with van der Waals surface area (Å²) in [4.78, 5) is 3.49. The average molecular weight is 253 g/mol. The Bertz CT molecular complexity index is 324. The minimum Gasteiger partial charge on any atom is -0.411 e. The van der Waals surface area contributed by atoms with E-state index in [4.69, 9.17) is 0 Å². The molecule has 0 saturated carbocycles. The standard InChI is InChI=1S/C14H25N3O/c1-3-5-13-7-16-9-14(6-4-2,12(13)15-18)10-17(8-13)11-16/h18H,3-11H2,1-2H3/p+2. The smallest absolute Gasteiger partial charge is 0.204 e. The van der Waals surface area contributed by atoms with Crippen molar-refractivity contribution in [2.45, 2.75) is 39.5 Å².